The van der Waals surface area contributed by atoms with Gasteiger partial charge in [0.05, 0.1) is 11.5 Å². The van der Waals surface area contributed by atoms with Gasteiger partial charge in [-0.05, 0) is 87.5 Å². The van der Waals surface area contributed by atoms with E-state index in [0.29, 0.717) is 11.8 Å². The minimum atomic E-state index is -0.259. The van der Waals surface area contributed by atoms with Crippen molar-refractivity contribution in [3.05, 3.63) is 65.2 Å². The maximum absolute atomic E-state index is 6.70. The number of ether oxygens (including phenoxy) is 2. The maximum Gasteiger partial charge on any atom is 0.210 e. The topological polar surface area (TPSA) is 18.5 Å². The second kappa shape index (κ2) is 8.75. The maximum atomic E-state index is 6.70. The Hall–Kier alpha value is -1.80. The Kier molecular flexibility index (Phi) is 6.25. The van der Waals surface area contributed by atoms with Gasteiger partial charge in [0.25, 0.3) is 0 Å². The van der Waals surface area contributed by atoms with E-state index in [0.717, 1.165) is 18.1 Å². The summed E-state index contributed by atoms with van der Waals surface area (Å²) in [4.78, 5) is 0. The van der Waals surface area contributed by atoms with Crippen LogP contribution in [0.1, 0.15) is 82.4 Å². The third kappa shape index (κ3) is 4.04. The highest BCUT2D eigenvalue weighted by Crippen LogP contribution is 2.59. The lowest BCUT2D eigenvalue weighted by molar-refractivity contribution is -0.164. The Bertz CT molecular complexity index is 823. The van der Waals surface area contributed by atoms with Gasteiger partial charge < -0.3 is 9.47 Å². The molecule has 0 radical (unpaired) electrons. The lowest BCUT2D eigenvalue weighted by atomic mass is 9.67. The summed E-state index contributed by atoms with van der Waals surface area (Å²) >= 11 is 0. The number of hydrogen-bond donors (Lipinski definition) is 0. The van der Waals surface area contributed by atoms with Crippen LogP contribution in [0.4, 0.5) is 0 Å². The molecule has 2 bridgehead atoms. The molecule has 0 N–H and O–H groups in total. The fourth-order valence-corrected chi connectivity index (χ4v) is 5.75. The summed E-state index contributed by atoms with van der Waals surface area (Å²) in [5.41, 5.74) is 4.01. The molecule has 0 aromatic heterocycles. The van der Waals surface area contributed by atoms with E-state index < -0.39 is 0 Å². The molecule has 5 atom stereocenters. The molecule has 2 aromatic carbocycles. The molecule has 2 aliphatic rings. The van der Waals surface area contributed by atoms with E-state index in [1.807, 2.05) is 0 Å². The first-order valence-electron chi connectivity index (χ1n) is 11.9. The molecule has 0 heterocycles. The van der Waals surface area contributed by atoms with Crippen molar-refractivity contribution < 1.29 is 9.47 Å². The minimum Gasteiger partial charge on any atom is -0.464 e. The van der Waals surface area contributed by atoms with E-state index in [9.17, 15) is 0 Å². The highest BCUT2D eigenvalue weighted by atomic mass is 16.7. The van der Waals surface area contributed by atoms with E-state index in [4.69, 9.17) is 9.47 Å². The smallest absolute Gasteiger partial charge is 0.210 e. The highest BCUT2D eigenvalue weighted by Gasteiger charge is 2.58. The Labute approximate surface area is 183 Å². The Morgan fingerprint density at radius 2 is 1.67 bits per heavy atom. The molecule has 0 amide bonds. The standard InChI is InChI=1S/C28H38O2/c1-6-21(5)23-10-15-26(16-11-23)30-27(29-19(2)3)28(18-22-9-14-25(28)17-22)24-12-7-20(4)8-13-24/h7-8,10-13,15-16,19,21-22,25,27H,6,9,14,17-18H2,1-5H3. The zero-order valence-electron chi connectivity index (χ0n) is 19.4. The van der Waals surface area contributed by atoms with Crippen molar-refractivity contribution in [2.45, 2.75) is 90.4 Å². The van der Waals surface area contributed by atoms with Crippen molar-refractivity contribution in [1.29, 1.82) is 0 Å². The van der Waals surface area contributed by atoms with Crippen LogP contribution in [0.3, 0.4) is 0 Å². The summed E-state index contributed by atoms with van der Waals surface area (Å²) in [5.74, 6) is 2.92. The van der Waals surface area contributed by atoms with E-state index in [2.05, 4.69) is 83.1 Å². The molecule has 162 valence electrons. The summed E-state index contributed by atoms with van der Waals surface area (Å²) in [7, 11) is 0. The van der Waals surface area contributed by atoms with Crippen LogP contribution < -0.4 is 4.74 Å². The third-order valence-corrected chi connectivity index (χ3v) is 7.61. The zero-order chi connectivity index (χ0) is 21.3. The molecule has 2 aliphatic carbocycles. The van der Waals surface area contributed by atoms with Crippen molar-refractivity contribution >= 4 is 0 Å². The Balaban J connectivity index is 1.68. The number of fused-ring (bicyclic) bond motifs is 2. The third-order valence-electron chi connectivity index (χ3n) is 7.61. The molecular weight excluding hydrogens is 368 g/mol. The van der Waals surface area contributed by atoms with E-state index in [-0.39, 0.29) is 17.8 Å². The van der Waals surface area contributed by atoms with Crippen LogP contribution in [0, 0.1) is 18.8 Å². The van der Waals surface area contributed by atoms with Crippen molar-refractivity contribution in [3.8, 4) is 5.75 Å². The largest absolute Gasteiger partial charge is 0.464 e. The average molecular weight is 407 g/mol. The van der Waals surface area contributed by atoms with Gasteiger partial charge in [0.15, 0.2) is 0 Å². The molecule has 4 rings (SSSR count). The van der Waals surface area contributed by atoms with Crippen LogP contribution in [0.15, 0.2) is 48.5 Å². The zero-order valence-corrected chi connectivity index (χ0v) is 19.4. The molecule has 2 heteroatoms. The first kappa shape index (κ1) is 21.4. The van der Waals surface area contributed by atoms with Gasteiger partial charge >= 0.3 is 0 Å². The van der Waals surface area contributed by atoms with Crippen molar-refractivity contribution in [3.63, 3.8) is 0 Å². The van der Waals surface area contributed by atoms with Gasteiger partial charge in [-0.15, -0.1) is 0 Å². The minimum absolute atomic E-state index is 0.0593. The van der Waals surface area contributed by atoms with Crippen LogP contribution in [-0.2, 0) is 10.2 Å². The normalized spacial score (nSPS) is 27.4. The Morgan fingerprint density at radius 1 is 0.967 bits per heavy atom. The van der Waals surface area contributed by atoms with Gasteiger partial charge in [0.1, 0.15) is 5.75 Å². The first-order valence-corrected chi connectivity index (χ1v) is 11.9. The molecule has 0 saturated heterocycles. The number of aryl methyl sites for hydroxylation is 1. The van der Waals surface area contributed by atoms with Gasteiger partial charge in [-0.3, -0.25) is 0 Å². The molecular formula is C28H38O2. The summed E-state index contributed by atoms with van der Waals surface area (Å²) in [5, 5.41) is 0. The van der Waals surface area contributed by atoms with Crippen LogP contribution in [0.25, 0.3) is 0 Å². The van der Waals surface area contributed by atoms with E-state index >= 15 is 0 Å². The first-order chi connectivity index (χ1) is 14.4. The fourth-order valence-electron chi connectivity index (χ4n) is 5.75. The Morgan fingerprint density at radius 3 is 2.20 bits per heavy atom. The van der Waals surface area contributed by atoms with Crippen LogP contribution >= 0.6 is 0 Å². The molecule has 2 nitrogen and oxygen atoms in total. The highest BCUT2D eigenvalue weighted by molar-refractivity contribution is 5.35. The van der Waals surface area contributed by atoms with Crippen molar-refractivity contribution in [2.24, 2.45) is 11.8 Å². The molecule has 5 unspecified atom stereocenters. The average Bonchev–Trinajstić information content (AvgIpc) is 3.35. The van der Waals surface area contributed by atoms with E-state index in [1.54, 1.807) is 0 Å². The summed E-state index contributed by atoms with van der Waals surface area (Å²) < 4.78 is 13.3. The van der Waals surface area contributed by atoms with Gasteiger partial charge in [0.2, 0.25) is 6.29 Å². The summed E-state index contributed by atoms with van der Waals surface area (Å²) in [6, 6.07) is 17.8. The molecule has 0 spiro atoms. The SMILES string of the molecule is CCC(C)c1ccc(OC(OC(C)C)C2(c3ccc(C)cc3)CC3CCC2C3)cc1. The summed E-state index contributed by atoms with van der Waals surface area (Å²) in [6.45, 7) is 10.9. The van der Waals surface area contributed by atoms with Crippen LogP contribution in [0.5, 0.6) is 5.75 Å². The lowest BCUT2D eigenvalue weighted by Crippen LogP contribution is -2.49. The lowest BCUT2D eigenvalue weighted by Gasteiger charge is -2.44. The predicted octanol–water partition coefficient (Wildman–Crippen LogP) is 7.40. The van der Waals surface area contributed by atoms with Gasteiger partial charge in [-0.25, -0.2) is 0 Å². The molecule has 2 saturated carbocycles. The quantitative estimate of drug-likeness (QED) is 0.425. The molecule has 0 aliphatic heterocycles. The fraction of sp³-hybridized carbons (Fsp3) is 0.571. The number of hydrogen-bond acceptors (Lipinski definition) is 2. The van der Waals surface area contributed by atoms with E-state index in [1.165, 1.54) is 42.4 Å². The second-order valence-electron chi connectivity index (χ2n) is 10.00. The second-order valence-corrected chi connectivity index (χ2v) is 10.00. The predicted molar refractivity (Wildman–Crippen MR) is 124 cm³/mol. The molecule has 2 fully saturated rings. The van der Waals surface area contributed by atoms with Crippen molar-refractivity contribution in [1.82, 2.24) is 0 Å². The summed E-state index contributed by atoms with van der Waals surface area (Å²) in [6.07, 6.45) is 6.13. The molecule has 30 heavy (non-hydrogen) atoms. The molecule has 2 aromatic rings. The number of rotatable bonds is 8. The monoisotopic (exact) mass is 406 g/mol. The van der Waals surface area contributed by atoms with Crippen LogP contribution in [-0.4, -0.2) is 12.4 Å². The van der Waals surface area contributed by atoms with Crippen molar-refractivity contribution in [2.75, 3.05) is 0 Å². The van der Waals surface area contributed by atoms with Gasteiger partial charge in [-0.1, -0.05) is 62.2 Å². The van der Waals surface area contributed by atoms with Gasteiger partial charge in [0, 0.05) is 0 Å². The van der Waals surface area contributed by atoms with Crippen LogP contribution in [0.2, 0.25) is 0 Å². The number of benzene rings is 2. The van der Waals surface area contributed by atoms with Gasteiger partial charge in [-0.2, -0.15) is 0 Å².